The summed E-state index contributed by atoms with van der Waals surface area (Å²) >= 11 is 0. The monoisotopic (exact) mass is 404 g/mol. The average Bonchev–Trinajstić information content (AvgIpc) is 3.01. The van der Waals surface area contributed by atoms with E-state index < -0.39 is 11.9 Å². The normalized spacial score (nSPS) is 16.7. The number of carbonyl (C=O) groups excluding carboxylic acids is 1. The lowest BCUT2D eigenvalue weighted by Crippen LogP contribution is -2.26. The molecule has 1 saturated carbocycles. The zero-order valence-corrected chi connectivity index (χ0v) is 15.5. The van der Waals surface area contributed by atoms with Gasteiger partial charge >= 0.3 is 5.97 Å². The molecule has 0 bridgehead atoms. The van der Waals surface area contributed by atoms with Gasteiger partial charge < -0.3 is 15.2 Å². The minimum Gasteiger partial charge on any atom is -0.426 e. The Bertz CT molecular complexity index is 1060. The smallest absolute Gasteiger partial charge is 0.308 e. The van der Waals surface area contributed by atoms with Gasteiger partial charge in [0.2, 0.25) is 11.8 Å². The van der Waals surface area contributed by atoms with Gasteiger partial charge in [0.15, 0.2) is 5.65 Å². The summed E-state index contributed by atoms with van der Waals surface area (Å²) < 4.78 is 39.4. The topological polar surface area (TPSA) is 118 Å². The molecule has 11 heteroatoms. The van der Waals surface area contributed by atoms with Crippen molar-refractivity contribution in [3.63, 3.8) is 0 Å². The van der Waals surface area contributed by atoms with Gasteiger partial charge in [-0.15, -0.1) is 5.10 Å². The predicted octanol–water partition coefficient (Wildman–Crippen LogP) is 3.27. The van der Waals surface area contributed by atoms with Crippen molar-refractivity contribution in [3.05, 3.63) is 24.7 Å². The molecule has 0 radical (unpaired) electrons. The lowest BCUT2D eigenvalue weighted by Gasteiger charge is -2.28. The number of halogens is 2. The van der Waals surface area contributed by atoms with Crippen molar-refractivity contribution in [2.24, 2.45) is 0 Å². The molecule has 0 amide bonds. The molecule has 0 atom stereocenters. The molecule has 1 fully saturated rings. The van der Waals surface area contributed by atoms with Gasteiger partial charge in [0.25, 0.3) is 5.88 Å². The molecular formula is C18H18F2N6O3. The van der Waals surface area contributed by atoms with Crippen LogP contribution in [0.2, 0.25) is 0 Å². The standard InChI is InChI=1S/C18H18F2N6O3/c1-10(27)28-12-4-7-22-13(8-12)29-17-14-15(21)23-9-24-16(14)26(25-17)11-2-5-18(19,20)6-3-11/h4,7-9,11H,2-3,5-6H2,1H3,(H2,21,23,24). The molecule has 3 aromatic rings. The zero-order chi connectivity index (χ0) is 20.6. The molecule has 0 aromatic carbocycles. The fourth-order valence-corrected chi connectivity index (χ4v) is 3.33. The molecule has 29 heavy (non-hydrogen) atoms. The number of nitrogen functional groups attached to an aromatic ring is 1. The number of hydrogen-bond donors (Lipinski definition) is 1. The highest BCUT2D eigenvalue weighted by atomic mass is 19.3. The number of hydrogen-bond acceptors (Lipinski definition) is 8. The number of nitrogens with two attached hydrogens (primary N) is 1. The van der Waals surface area contributed by atoms with Crippen molar-refractivity contribution >= 4 is 22.8 Å². The summed E-state index contributed by atoms with van der Waals surface area (Å²) in [6.45, 7) is 1.28. The summed E-state index contributed by atoms with van der Waals surface area (Å²) in [4.78, 5) is 23.4. The van der Waals surface area contributed by atoms with Crippen molar-refractivity contribution in [1.82, 2.24) is 24.7 Å². The lowest BCUT2D eigenvalue weighted by atomic mass is 9.92. The van der Waals surface area contributed by atoms with E-state index in [-0.39, 0.29) is 55.1 Å². The molecule has 1 aliphatic carbocycles. The largest absolute Gasteiger partial charge is 0.426 e. The number of anilines is 1. The maximum atomic E-state index is 13.5. The fraction of sp³-hybridized carbons (Fsp3) is 0.389. The van der Waals surface area contributed by atoms with Crippen LogP contribution < -0.4 is 15.2 Å². The van der Waals surface area contributed by atoms with Crippen molar-refractivity contribution in [2.45, 2.75) is 44.6 Å². The quantitative estimate of drug-likeness (QED) is 0.658. The van der Waals surface area contributed by atoms with E-state index in [9.17, 15) is 13.6 Å². The highest BCUT2D eigenvalue weighted by Crippen LogP contribution is 2.41. The first-order valence-electron chi connectivity index (χ1n) is 9.01. The van der Waals surface area contributed by atoms with Crippen molar-refractivity contribution in [1.29, 1.82) is 0 Å². The van der Waals surface area contributed by atoms with Gasteiger partial charge in [0.05, 0.1) is 6.04 Å². The molecule has 0 unspecified atom stereocenters. The van der Waals surface area contributed by atoms with Crippen LogP contribution in [-0.4, -0.2) is 36.6 Å². The van der Waals surface area contributed by atoms with Gasteiger partial charge in [-0.05, 0) is 18.9 Å². The summed E-state index contributed by atoms with van der Waals surface area (Å²) in [6.07, 6.45) is 2.77. The van der Waals surface area contributed by atoms with Gasteiger partial charge in [0, 0.05) is 32.0 Å². The van der Waals surface area contributed by atoms with E-state index in [0.29, 0.717) is 11.0 Å². The Hall–Kier alpha value is -3.37. The molecular weight excluding hydrogens is 386 g/mol. The summed E-state index contributed by atoms with van der Waals surface area (Å²) in [5, 5.41) is 4.79. The van der Waals surface area contributed by atoms with Crippen molar-refractivity contribution < 1.29 is 23.0 Å². The summed E-state index contributed by atoms with van der Waals surface area (Å²) in [6, 6.07) is 2.67. The van der Waals surface area contributed by atoms with E-state index in [1.807, 2.05) is 0 Å². The average molecular weight is 404 g/mol. The second kappa shape index (κ2) is 7.22. The molecule has 0 aliphatic heterocycles. The highest BCUT2D eigenvalue weighted by Gasteiger charge is 2.37. The molecule has 1 aliphatic rings. The van der Waals surface area contributed by atoms with Crippen LogP contribution in [0.25, 0.3) is 11.0 Å². The second-order valence-corrected chi connectivity index (χ2v) is 6.82. The predicted molar refractivity (Wildman–Crippen MR) is 97.8 cm³/mol. The maximum absolute atomic E-state index is 13.5. The van der Waals surface area contributed by atoms with Crippen LogP contribution in [0.3, 0.4) is 0 Å². The third-order valence-corrected chi connectivity index (χ3v) is 4.69. The van der Waals surface area contributed by atoms with Crippen LogP contribution in [0.15, 0.2) is 24.7 Å². The summed E-state index contributed by atoms with van der Waals surface area (Å²) in [5.74, 6) is -2.52. The Balaban J connectivity index is 1.69. The van der Waals surface area contributed by atoms with E-state index in [1.165, 1.54) is 31.6 Å². The number of alkyl halides is 2. The first-order chi connectivity index (χ1) is 13.8. The minimum absolute atomic E-state index is 0.0999. The van der Waals surface area contributed by atoms with Gasteiger partial charge in [-0.1, -0.05) is 0 Å². The Morgan fingerprint density at radius 2 is 2.03 bits per heavy atom. The second-order valence-electron chi connectivity index (χ2n) is 6.82. The molecule has 3 heterocycles. The van der Waals surface area contributed by atoms with Gasteiger partial charge in [-0.3, -0.25) is 4.79 Å². The number of esters is 1. The first-order valence-corrected chi connectivity index (χ1v) is 9.01. The van der Waals surface area contributed by atoms with Gasteiger partial charge in [-0.25, -0.2) is 28.4 Å². The summed E-state index contributed by atoms with van der Waals surface area (Å²) in [5.41, 5.74) is 6.40. The van der Waals surface area contributed by atoms with Gasteiger partial charge in [-0.2, -0.15) is 0 Å². The number of carbonyl (C=O) groups is 1. The van der Waals surface area contributed by atoms with Crippen LogP contribution in [0.5, 0.6) is 17.5 Å². The van der Waals surface area contributed by atoms with Crippen LogP contribution in [0.4, 0.5) is 14.6 Å². The zero-order valence-electron chi connectivity index (χ0n) is 15.5. The Kier molecular flexibility index (Phi) is 4.73. The molecule has 2 N–H and O–H groups in total. The first kappa shape index (κ1) is 19.0. The Morgan fingerprint density at radius 1 is 1.28 bits per heavy atom. The number of ether oxygens (including phenoxy) is 2. The Labute approximate surface area is 163 Å². The third kappa shape index (κ3) is 3.93. The van der Waals surface area contributed by atoms with E-state index in [0.717, 1.165) is 0 Å². The maximum Gasteiger partial charge on any atom is 0.308 e. The summed E-state index contributed by atoms with van der Waals surface area (Å²) in [7, 11) is 0. The van der Waals surface area contributed by atoms with E-state index in [1.54, 1.807) is 4.68 Å². The molecule has 0 spiro atoms. The van der Waals surface area contributed by atoms with Crippen LogP contribution in [0, 0.1) is 0 Å². The minimum atomic E-state index is -2.66. The van der Waals surface area contributed by atoms with Crippen molar-refractivity contribution in [2.75, 3.05) is 5.73 Å². The number of fused-ring (bicyclic) bond motifs is 1. The van der Waals surface area contributed by atoms with Crippen molar-refractivity contribution in [3.8, 4) is 17.5 Å². The molecule has 4 rings (SSSR count). The number of rotatable bonds is 4. The Morgan fingerprint density at radius 3 is 2.76 bits per heavy atom. The van der Waals surface area contributed by atoms with E-state index >= 15 is 0 Å². The highest BCUT2D eigenvalue weighted by molar-refractivity contribution is 5.90. The van der Waals surface area contributed by atoms with Gasteiger partial charge in [0.1, 0.15) is 23.3 Å². The fourth-order valence-electron chi connectivity index (χ4n) is 3.33. The molecule has 9 nitrogen and oxygen atoms in total. The molecule has 152 valence electrons. The SMILES string of the molecule is CC(=O)Oc1ccnc(Oc2nn(C3CCC(F)(F)CC3)c3ncnc(N)c23)c1. The number of pyridine rings is 1. The van der Waals surface area contributed by atoms with Crippen LogP contribution >= 0.6 is 0 Å². The third-order valence-electron chi connectivity index (χ3n) is 4.69. The number of nitrogens with zero attached hydrogens (tertiary/aromatic N) is 5. The van der Waals surface area contributed by atoms with E-state index in [4.69, 9.17) is 15.2 Å². The van der Waals surface area contributed by atoms with E-state index in [2.05, 4.69) is 20.1 Å². The molecule has 3 aromatic heterocycles. The van der Waals surface area contributed by atoms with Crippen LogP contribution in [0.1, 0.15) is 38.6 Å². The lowest BCUT2D eigenvalue weighted by molar-refractivity contribution is -0.131. The number of aromatic nitrogens is 5. The van der Waals surface area contributed by atoms with Crippen LogP contribution in [-0.2, 0) is 4.79 Å². The molecule has 0 saturated heterocycles.